The summed E-state index contributed by atoms with van der Waals surface area (Å²) in [5.41, 5.74) is 1.35. The molecule has 0 saturated carbocycles. The number of benzene rings is 2. The highest BCUT2D eigenvalue weighted by atomic mass is 127. The quantitative estimate of drug-likeness (QED) is 0.612. The van der Waals surface area contributed by atoms with E-state index in [4.69, 9.17) is 0 Å². The van der Waals surface area contributed by atoms with E-state index in [1.165, 1.54) is 5.56 Å². The fourth-order valence-corrected chi connectivity index (χ4v) is 3.47. The maximum absolute atomic E-state index is 10.4. The predicted molar refractivity (Wildman–Crippen MR) is 95.8 cm³/mol. The van der Waals surface area contributed by atoms with Crippen molar-refractivity contribution in [3.8, 4) is 5.88 Å². The minimum atomic E-state index is 0.385. The minimum absolute atomic E-state index is 0.385. The van der Waals surface area contributed by atoms with Gasteiger partial charge in [-0.15, -0.1) is 0 Å². The zero-order chi connectivity index (χ0) is 14.8. The highest BCUT2D eigenvalue weighted by molar-refractivity contribution is 14.1. The SMILES string of the molecule is CC(CCn1cc2cccc(I)c2c1O)c1ccccc1. The van der Waals surface area contributed by atoms with Gasteiger partial charge in [-0.05, 0) is 46.6 Å². The van der Waals surface area contributed by atoms with Gasteiger partial charge < -0.3 is 9.67 Å². The zero-order valence-electron chi connectivity index (χ0n) is 12.0. The highest BCUT2D eigenvalue weighted by Gasteiger charge is 2.12. The van der Waals surface area contributed by atoms with Gasteiger partial charge >= 0.3 is 0 Å². The molecule has 0 spiro atoms. The van der Waals surface area contributed by atoms with E-state index >= 15 is 0 Å². The van der Waals surface area contributed by atoms with Gasteiger partial charge in [0.25, 0.3) is 0 Å². The van der Waals surface area contributed by atoms with Crippen molar-refractivity contribution in [3.63, 3.8) is 0 Å². The first kappa shape index (κ1) is 14.4. The highest BCUT2D eigenvalue weighted by Crippen LogP contribution is 2.32. The molecule has 3 rings (SSSR count). The second kappa shape index (κ2) is 6.10. The van der Waals surface area contributed by atoms with Crippen molar-refractivity contribution in [2.45, 2.75) is 25.8 Å². The van der Waals surface area contributed by atoms with Crippen LogP contribution in [-0.2, 0) is 6.54 Å². The van der Waals surface area contributed by atoms with Crippen molar-refractivity contribution in [1.82, 2.24) is 4.57 Å². The summed E-state index contributed by atoms with van der Waals surface area (Å²) in [6.07, 6.45) is 3.06. The van der Waals surface area contributed by atoms with Crippen molar-refractivity contribution in [1.29, 1.82) is 0 Å². The van der Waals surface area contributed by atoms with E-state index in [0.29, 0.717) is 11.8 Å². The second-order valence-corrected chi connectivity index (χ2v) is 6.61. The fraction of sp³-hybridized carbons (Fsp3) is 0.222. The number of rotatable bonds is 4. The largest absolute Gasteiger partial charge is 0.494 e. The molecule has 0 bridgehead atoms. The molecule has 0 fully saturated rings. The Bertz CT molecular complexity index is 749. The molecule has 1 aromatic heterocycles. The lowest BCUT2D eigenvalue weighted by atomic mass is 9.98. The topological polar surface area (TPSA) is 25.2 Å². The molecule has 3 aromatic rings. The molecule has 1 atom stereocenters. The van der Waals surface area contributed by atoms with Gasteiger partial charge in [-0.1, -0.05) is 49.4 Å². The van der Waals surface area contributed by atoms with Crippen molar-refractivity contribution in [2.75, 3.05) is 0 Å². The number of halogens is 1. The molecule has 0 aliphatic rings. The van der Waals surface area contributed by atoms with Gasteiger partial charge in [0.2, 0.25) is 0 Å². The van der Waals surface area contributed by atoms with Crippen LogP contribution in [0, 0.1) is 3.57 Å². The first-order valence-electron chi connectivity index (χ1n) is 7.18. The lowest BCUT2D eigenvalue weighted by molar-refractivity contribution is 0.413. The second-order valence-electron chi connectivity index (χ2n) is 5.45. The number of nitrogens with zero attached hydrogens (tertiary/aromatic N) is 1. The van der Waals surface area contributed by atoms with Crippen molar-refractivity contribution in [3.05, 3.63) is 63.9 Å². The molecule has 0 saturated heterocycles. The number of aryl methyl sites for hydroxylation is 1. The lowest BCUT2D eigenvalue weighted by Crippen LogP contribution is -2.01. The summed E-state index contributed by atoms with van der Waals surface area (Å²) < 4.78 is 3.06. The van der Waals surface area contributed by atoms with Gasteiger partial charge in [0.1, 0.15) is 0 Å². The molecule has 0 aliphatic heterocycles. The Morgan fingerprint density at radius 3 is 2.57 bits per heavy atom. The monoisotopic (exact) mass is 391 g/mol. The van der Waals surface area contributed by atoms with Crippen molar-refractivity contribution in [2.24, 2.45) is 0 Å². The standard InChI is InChI=1S/C18H18INO/c1-13(14-6-3-2-4-7-14)10-11-20-12-15-8-5-9-16(19)17(15)18(20)21/h2-9,12-13,21H,10-11H2,1H3. The Hall–Kier alpha value is -1.49. The van der Waals surface area contributed by atoms with E-state index < -0.39 is 0 Å². The number of aromatic hydroxyl groups is 1. The van der Waals surface area contributed by atoms with Gasteiger partial charge in [-0.25, -0.2) is 0 Å². The van der Waals surface area contributed by atoms with Crippen LogP contribution in [0.4, 0.5) is 0 Å². The van der Waals surface area contributed by atoms with Crippen LogP contribution in [0.3, 0.4) is 0 Å². The van der Waals surface area contributed by atoms with Crippen molar-refractivity contribution >= 4 is 33.4 Å². The fourth-order valence-electron chi connectivity index (χ4n) is 2.71. The molecule has 0 amide bonds. The number of hydrogen-bond donors (Lipinski definition) is 1. The van der Waals surface area contributed by atoms with Crippen LogP contribution in [0.1, 0.15) is 24.8 Å². The normalized spacial score (nSPS) is 12.7. The first-order chi connectivity index (χ1) is 10.2. The van der Waals surface area contributed by atoms with Crippen LogP contribution >= 0.6 is 22.6 Å². The third kappa shape index (κ3) is 2.93. The summed E-state index contributed by atoms with van der Waals surface area (Å²) >= 11 is 2.27. The average Bonchev–Trinajstić information content (AvgIpc) is 2.83. The van der Waals surface area contributed by atoms with Crippen LogP contribution in [0.2, 0.25) is 0 Å². The molecule has 2 aromatic carbocycles. The van der Waals surface area contributed by atoms with Crippen LogP contribution in [0.15, 0.2) is 54.7 Å². The Labute approximate surface area is 138 Å². The number of hydrogen-bond acceptors (Lipinski definition) is 1. The molecule has 3 heteroatoms. The molecule has 1 N–H and O–H groups in total. The van der Waals surface area contributed by atoms with Gasteiger partial charge in [-0.3, -0.25) is 0 Å². The van der Waals surface area contributed by atoms with Crippen LogP contribution in [0.5, 0.6) is 5.88 Å². The molecular weight excluding hydrogens is 373 g/mol. The summed E-state index contributed by atoms with van der Waals surface area (Å²) in [6, 6.07) is 16.6. The zero-order valence-corrected chi connectivity index (χ0v) is 14.1. The Balaban J connectivity index is 1.80. The molecule has 1 heterocycles. The predicted octanol–water partition coefficient (Wildman–Crippen LogP) is 5.15. The van der Waals surface area contributed by atoms with Gasteiger partial charge in [0.15, 0.2) is 5.88 Å². The molecule has 0 aliphatic carbocycles. The van der Waals surface area contributed by atoms with E-state index in [-0.39, 0.29) is 0 Å². The summed E-state index contributed by atoms with van der Waals surface area (Å²) in [5, 5.41) is 12.5. The van der Waals surface area contributed by atoms with Gasteiger partial charge in [0.05, 0.1) is 5.39 Å². The maximum atomic E-state index is 10.4. The minimum Gasteiger partial charge on any atom is -0.494 e. The Morgan fingerprint density at radius 1 is 1.10 bits per heavy atom. The van der Waals surface area contributed by atoms with Crippen LogP contribution in [0.25, 0.3) is 10.8 Å². The average molecular weight is 391 g/mol. The first-order valence-corrected chi connectivity index (χ1v) is 8.26. The van der Waals surface area contributed by atoms with E-state index in [1.54, 1.807) is 0 Å². The van der Waals surface area contributed by atoms with E-state index in [0.717, 1.165) is 27.3 Å². The van der Waals surface area contributed by atoms with Crippen LogP contribution in [-0.4, -0.2) is 9.67 Å². The third-order valence-electron chi connectivity index (χ3n) is 4.01. The molecule has 0 radical (unpaired) electrons. The molecule has 21 heavy (non-hydrogen) atoms. The molecule has 2 nitrogen and oxygen atoms in total. The third-order valence-corrected chi connectivity index (χ3v) is 4.91. The number of fused-ring (bicyclic) bond motifs is 1. The van der Waals surface area contributed by atoms with Crippen LogP contribution < -0.4 is 0 Å². The summed E-state index contributed by atoms with van der Waals surface area (Å²) in [5.74, 6) is 0.866. The van der Waals surface area contributed by atoms with E-state index in [1.807, 2.05) is 35.0 Å². The summed E-state index contributed by atoms with van der Waals surface area (Å²) in [6.45, 7) is 3.06. The number of aromatic nitrogens is 1. The summed E-state index contributed by atoms with van der Waals surface area (Å²) in [4.78, 5) is 0. The van der Waals surface area contributed by atoms with Gasteiger partial charge in [-0.2, -0.15) is 0 Å². The van der Waals surface area contributed by atoms with E-state index in [9.17, 15) is 5.11 Å². The molecule has 1 unspecified atom stereocenters. The van der Waals surface area contributed by atoms with Gasteiger partial charge in [0, 0.05) is 21.7 Å². The molecular formula is C18H18INO. The maximum Gasteiger partial charge on any atom is 0.200 e. The van der Waals surface area contributed by atoms with E-state index in [2.05, 4.69) is 53.8 Å². The summed E-state index contributed by atoms with van der Waals surface area (Å²) in [7, 11) is 0. The smallest absolute Gasteiger partial charge is 0.200 e. The Kier molecular flexibility index (Phi) is 4.19. The lowest BCUT2D eigenvalue weighted by Gasteiger charge is -2.12. The molecule has 108 valence electrons. The Morgan fingerprint density at radius 2 is 1.86 bits per heavy atom. The van der Waals surface area contributed by atoms with Crippen molar-refractivity contribution < 1.29 is 5.11 Å².